The first-order valence-electron chi connectivity index (χ1n) is 13.3. The average molecular weight is 659 g/mol. The predicted octanol–water partition coefficient (Wildman–Crippen LogP) is 7.77. The standard InChI is InChI=1S/C29H36BrN5O4SSi/c1-29(2,3)34(28(37)38)16-19-8-7-9-20(12-19)22-13-21-15-31-35(18-39-10-11-41(4,5)6)25(21)14-23(22)32-26(36)24-17-40-27(30)33-24/h7-9,12-15,17H,10-11,16,18H2,1-6H3,(H,32,36)(H,37,38). The number of carbonyl (C=O) groups excluding carboxylic acids is 1. The second kappa shape index (κ2) is 12.4. The third-order valence-corrected chi connectivity index (χ3v) is 9.64. The summed E-state index contributed by atoms with van der Waals surface area (Å²) < 4.78 is 8.37. The number of amides is 2. The molecule has 0 aliphatic heterocycles. The molecular formula is C29H36BrN5O4SSi. The Morgan fingerprint density at radius 3 is 2.59 bits per heavy atom. The lowest BCUT2D eigenvalue weighted by Crippen LogP contribution is -2.44. The monoisotopic (exact) mass is 657 g/mol. The molecule has 0 saturated carbocycles. The lowest BCUT2D eigenvalue weighted by molar-refractivity contribution is 0.0817. The molecule has 9 nitrogen and oxygen atoms in total. The van der Waals surface area contributed by atoms with Gasteiger partial charge in [0.25, 0.3) is 5.91 Å². The summed E-state index contributed by atoms with van der Waals surface area (Å²) >= 11 is 4.67. The van der Waals surface area contributed by atoms with Crippen LogP contribution in [-0.2, 0) is 18.0 Å². The van der Waals surface area contributed by atoms with E-state index in [2.05, 4.69) is 51.0 Å². The van der Waals surface area contributed by atoms with Crippen molar-refractivity contribution in [3.8, 4) is 11.1 Å². The molecule has 41 heavy (non-hydrogen) atoms. The third kappa shape index (κ3) is 8.03. The zero-order valence-electron chi connectivity index (χ0n) is 24.2. The highest BCUT2D eigenvalue weighted by Gasteiger charge is 2.26. The Hall–Kier alpha value is -3.06. The molecule has 12 heteroatoms. The van der Waals surface area contributed by atoms with Crippen molar-refractivity contribution in [2.45, 2.75) is 65.3 Å². The van der Waals surface area contributed by atoms with Crippen LogP contribution in [0.4, 0.5) is 10.5 Å². The van der Waals surface area contributed by atoms with Crippen LogP contribution in [0.2, 0.25) is 25.7 Å². The lowest BCUT2D eigenvalue weighted by atomic mass is 9.98. The number of nitrogens with zero attached hydrogens (tertiary/aromatic N) is 4. The van der Waals surface area contributed by atoms with Crippen LogP contribution >= 0.6 is 27.3 Å². The second-order valence-corrected chi connectivity index (χ2v) is 19.9. The van der Waals surface area contributed by atoms with Crippen LogP contribution in [0.1, 0.15) is 36.8 Å². The van der Waals surface area contributed by atoms with Gasteiger partial charge in [0, 0.05) is 43.1 Å². The van der Waals surface area contributed by atoms with Crippen molar-refractivity contribution in [2.75, 3.05) is 11.9 Å². The molecule has 4 rings (SSSR count). The number of hydrogen-bond donors (Lipinski definition) is 2. The van der Waals surface area contributed by atoms with Gasteiger partial charge in [-0.15, -0.1) is 11.3 Å². The molecule has 2 amide bonds. The largest absolute Gasteiger partial charge is 0.465 e. The summed E-state index contributed by atoms with van der Waals surface area (Å²) in [7, 11) is -1.21. The summed E-state index contributed by atoms with van der Waals surface area (Å²) in [5.41, 5.74) is 3.65. The van der Waals surface area contributed by atoms with Gasteiger partial charge in [-0.2, -0.15) is 5.10 Å². The minimum Gasteiger partial charge on any atom is -0.465 e. The molecule has 0 radical (unpaired) electrons. The number of anilines is 1. The van der Waals surface area contributed by atoms with E-state index >= 15 is 0 Å². The van der Waals surface area contributed by atoms with Crippen molar-refractivity contribution in [1.82, 2.24) is 19.7 Å². The average Bonchev–Trinajstić information content (AvgIpc) is 3.49. The molecular weight excluding hydrogens is 622 g/mol. The van der Waals surface area contributed by atoms with Gasteiger partial charge in [0.2, 0.25) is 0 Å². The Morgan fingerprint density at radius 2 is 1.95 bits per heavy atom. The summed E-state index contributed by atoms with van der Waals surface area (Å²) in [4.78, 5) is 30.8. The number of thiazole rings is 1. The summed E-state index contributed by atoms with van der Waals surface area (Å²) in [6.07, 6.45) is 0.811. The van der Waals surface area contributed by atoms with E-state index in [1.54, 1.807) is 16.3 Å². The summed E-state index contributed by atoms with van der Waals surface area (Å²) in [5.74, 6) is -0.328. The number of fused-ring (bicyclic) bond motifs is 1. The second-order valence-electron chi connectivity index (χ2n) is 12.1. The Bertz CT molecular complexity index is 1560. The van der Waals surface area contributed by atoms with Crippen molar-refractivity contribution in [1.29, 1.82) is 0 Å². The number of rotatable bonds is 10. The molecule has 0 fully saturated rings. The van der Waals surface area contributed by atoms with Gasteiger partial charge < -0.3 is 15.2 Å². The maximum atomic E-state index is 13.2. The quantitative estimate of drug-likeness (QED) is 0.133. The molecule has 0 aliphatic carbocycles. The molecule has 2 N–H and O–H groups in total. The summed E-state index contributed by atoms with van der Waals surface area (Å²) in [6, 6.07) is 12.7. The lowest BCUT2D eigenvalue weighted by Gasteiger charge is -2.33. The highest BCUT2D eigenvalue weighted by molar-refractivity contribution is 9.11. The van der Waals surface area contributed by atoms with E-state index < -0.39 is 19.7 Å². The van der Waals surface area contributed by atoms with E-state index in [9.17, 15) is 14.7 Å². The van der Waals surface area contributed by atoms with Crippen LogP contribution in [0.25, 0.3) is 22.0 Å². The van der Waals surface area contributed by atoms with Crippen molar-refractivity contribution in [3.63, 3.8) is 0 Å². The van der Waals surface area contributed by atoms with Crippen LogP contribution in [0, 0.1) is 0 Å². The smallest absolute Gasteiger partial charge is 0.408 e. The minimum absolute atomic E-state index is 0.232. The number of aromatic nitrogens is 3. The number of ether oxygens (including phenoxy) is 1. The topological polar surface area (TPSA) is 110 Å². The van der Waals surface area contributed by atoms with E-state index in [1.807, 2.05) is 57.2 Å². The number of benzene rings is 2. The first-order valence-corrected chi connectivity index (χ1v) is 18.7. The SMILES string of the molecule is CC(C)(C)N(Cc1cccc(-c2cc3cnn(COCC[Si](C)(C)C)c3cc2NC(=O)c2csc(Br)n2)c1)C(=O)O. The van der Waals surface area contributed by atoms with Gasteiger partial charge >= 0.3 is 6.09 Å². The summed E-state index contributed by atoms with van der Waals surface area (Å²) in [5, 5.41) is 20.0. The van der Waals surface area contributed by atoms with E-state index in [4.69, 9.17) is 4.74 Å². The molecule has 218 valence electrons. The zero-order chi connectivity index (χ0) is 29.9. The third-order valence-electron chi connectivity index (χ3n) is 6.57. The van der Waals surface area contributed by atoms with E-state index in [1.165, 1.54) is 16.2 Å². The van der Waals surface area contributed by atoms with Crippen molar-refractivity contribution < 1.29 is 19.4 Å². The van der Waals surface area contributed by atoms with Gasteiger partial charge in [-0.25, -0.2) is 14.5 Å². The number of nitrogens with one attached hydrogen (secondary N) is 1. The van der Waals surface area contributed by atoms with Gasteiger partial charge in [-0.3, -0.25) is 9.69 Å². The molecule has 2 aromatic carbocycles. The fourth-order valence-electron chi connectivity index (χ4n) is 4.25. The fraction of sp³-hybridized carbons (Fsp3) is 0.379. The van der Waals surface area contributed by atoms with Crippen molar-refractivity contribution in [2.24, 2.45) is 0 Å². The first-order chi connectivity index (χ1) is 19.2. The first kappa shape index (κ1) is 30.9. The zero-order valence-corrected chi connectivity index (χ0v) is 27.6. The Balaban J connectivity index is 1.71. The summed E-state index contributed by atoms with van der Waals surface area (Å²) in [6.45, 7) is 13.8. The number of hydrogen-bond acceptors (Lipinski definition) is 6. The van der Waals surface area contributed by atoms with Gasteiger partial charge in [0.1, 0.15) is 12.4 Å². The molecule has 0 spiro atoms. The molecule has 0 aliphatic rings. The van der Waals surface area contributed by atoms with Crippen molar-refractivity contribution in [3.05, 3.63) is 63.1 Å². The van der Waals surface area contributed by atoms with E-state index in [0.29, 0.717) is 28.6 Å². The van der Waals surface area contributed by atoms with Crippen LogP contribution in [-0.4, -0.2) is 57.0 Å². The predicted molar refractivity (Wildman–Crippen MR) is 170 cm³/mol. The van der Waals surface area contributed by atoms with Crippen LogP contribution in [0.5, 0.6) is 0 Å². The molecule has 0 unspecified atom stereocenters. The fourth-order valence-corrected chi connectivity index (χ4v) is 6.00. The van der Waals surface area contributed by atoms with Gasteiger partial charge in [-0.1, -0.05) is 37.8 Å². The van der Waals surface area contributed by atoms with Crippen LogP contribution < -0.4 is 5.32 Å². The number of carbonyl (C=O) groups is 2. The van der Waals surface area contributed by atoms with Gasteiger partial charge in [-0.05, 0) is 72.1 Å². The highest BCUT2D eigenvalue weighted by Crippen LogP contribution is 2.34. The molecule has 0 atom stereocenters. The normalized spacial score (nSPS) is 12.1. The van der Waals surface area contributed by atoms with Gasteiger partial charge in [0.15, 0.2) is 3.92 Å². The molecule has 2 heterocycles. The molecule has 0 bridgehead atoms. The maximum Gasteiger partial charge on any atom is 0.408 e. The molecule has 0 saturated heterocycles. The highest BCUT2D eigenvalue weighted by atomic mass is 79.9. The van der Waals surface area contributed by atoms with E-state index in [-0.39, 0.29) is 12.5 Å². The minimum atomic E-state index is -1.21. The molecule has 2 aromatic heterocycles. The molecule has 4 aromatic rings. The van der Waals surface area contributed by atoms with Crippen LogP contribution in [0.3, 0.4) is 0 Å². The Morgan fingerprint density at radius 1 is 1.20 bits per heavy atom. The van der Waals surface area contributed by atoms with E-state index in [0.717, 1.165) is 33.6 Å². The van der Waals surface area contributed by atoms with Crippen LogP contribution in [0.15, 0.2) is 51.9 Å². The Labute approximate surface area is 253 Å². The van der Waals surface area contributed by atoms with Gasteiger partial charge in [0.05, 0.1) is 17.4 Å². The number of carboxylic acid groups (broad SMARTS) is 1. The number of halogens is 1. The maximum absolute atomic E-state index is 13.2. The Kier molecular flexibility index (Phi) is 9.37. The van der Waals surface area contributed by atoms with Crippen molar-refractivity contribution >= 4 is 63.9 Å².